The molecule has 0 atom stereocenters. The van der Waals surface area contributed by atoms with Gasteiger partial charge in [0.1, 0.15) is 23.8 Å². The zero-order valence-corrected chi connectivity index (χ0v) is 14.1. The molecule has 2 heterocycles. The molecule has 2 aromatic heterocycles. The zero-order chi connectivity index (χ0) is 18.1. The van der Waals surface area contributed by atoms with Crippen LogP contribution in [0.2, 0.25) is 0 Å². The molecule has 6 nitrogen and oxygen atoms in total. The fourth-order valence-corrected chi connectivity index (χ4v) is 3.09. The first kappa shape index (κ1) is 16.0. The Hall–Kier alpha value is -3.53. The third kappa shape index (κ3) is 2.71. The number of halogens is 1. The molecule has 0 N–H and O–H groups in total. The van der Waals surface area contributed by atoms with Gasteiger partial charge in [-0.25, -0.2) is 19.0 Å². The number of hydrogen-bond donors (Lipinski definition) is 0. The molecule has 0 radical (unpaired) electrons. The van der Waals surface area contributed by atoms with Crippen LogP contribution in [-0.4, -0.2) is 24.3 Å². The van der Waals surface area contributed by atoms with Crippen LogP contribution in [-0.2, 0) is 13.0 Å². The quantitative estimate of drug-likeness (QED) is 0.569. The number of benzene rings is 2. The van der Waals surface area contributed by atoms with Crippen LogP contribution in [0.3, 0.4) is 0 Å². The van der Waals surface area contributed by atoms with Crippen molar-refractivity contribution in [2.24, 2.45) is 0 Å². The summed E-state index contributed by atoms with van der Waals surface area (Å²) in [6.45, 7) is 2.78. The predicted molar refractivity (Wildman–Crippen MR) is 94.2 cm³/mol. The molecule has 128 valence electrons. The highest BCUT2D eigenvalue weighted by atomic mass is 19.1. The van der Waals surface area contributed by atoms with E-state index in [9.17, 15) is 4.39 Å². The average molecular weight is 346 g/mol. The monoisotopic (exact) mass is 346 g/mol. The lowest BCUT2D eigenvalue weighted by Crippen LogP contribution is -2.08. The molecule has 0 bridgehead atoms. The third-order valence-corrected chi connectivity index (χ3v) is 4.26. The largest absolute Gasteiger partial charge is 0.328 e. The van der Waals surface area contributed by atoms with Gasteiger partial charge < -0.3 is 4.57 Å². The van der Waals surface area contributed by atoms with Gasteiger partial charge in [-0.15, -0.1) is 0 Å². The van der Waals surface area contributed by atoms with E-state index < -0.39 is 0 Å². The summed E-state index contributed by atoms with van der Waals surface area (Å²) in [7, 11) is 0. The highest BCUT2D eigenvalue weighted by molar-refractivity contribution is 5.77. The molecule has 2 aromatic carbocycles. The Balaban J connectivity index is 1.77. The summed E-state index contributed by atoms with van der Waals surface area (Å²) >= 11 is 0. The minimum absolute atomic E-state index is 0.325. The summed E-state index contributed by atoms with van der Waals surface area (Å²) < 4.78 is 17.2. The Kier molecular flexibility index (Phi) is 3.93. The molecule has 0 saturated heterocycles. The van der Waals surface area contributed by atoms with Crippen LogP contribution in [0.4, 0.5) is 4.39 Å². The van der Waals surface area contributed by atoms with Crippen LogP contribution in [0.25, 0.3) is 16.7 Å². The second-order valence-corrected chi connectivity index (χ2v) is 5.83. The standard InChI is InChI=1S/C19H15FN6/c1-2-25-17-7-6-13(11-21)8-16(17)24-19(25)10-18-22-12-23-26(18)15-5-3-4-14(20)9-15/h3-9,12H,2,10H2,1H3. The van der Waals surface area contributed by atoms with E-state index in [0.29, 0.717) is 23.5 Å². The second kappa shape index (κ2) is 6.41. The number of hydrogen-bond acceptors (Lipinski definition) is 4. The first-order valence-corrected chi connectivity index (χ1v) is 8.23. The summed E-state index contributed by atoms with van der Waals surface area (Å²) in [5.74, 6) is 1.16. The Morgan fingerprint density at radius 2 is 2.04 bits per heavy atom. The average Bonchev–Trinajstić information content (AvgIpc) is 3.25. The Bertz CT molecular complexity index is 1130. The smallest absolute Gasteiger partial charge is 0.139 e. The van der Waals surface area contributed by atoms with Gasteiger partial charge in [0.05, 0.1) is 34.8 Å². The van der Waals surface area contributed by atoms with Crippen LogP contribution in [0.15, 0.2) is 48.8 Å². The fraction of sp³-hybridized carbons (Fsp3) is 0.158. The lowest BCUT2D eigenvalue weighted by Gasteiger charge is -2.08. The van der Waals surface area contributed by atoms with Crippen molar-refractivity contribution in [1.29, 1.82) is 5.26 Å². The van der Waals surface area contributed by atoms with Gasteiger partial charge in [-0.2, -0.15) is 10.4 Å². The molecule has 0 unspecified atom stereocenters. The van der Waals surface area contributed by atoms with E-state index in [-0.39, 0.29) is 5.82 Å². The molecular weight excluding hydrogens is 331 g/mol. The van der Waals surface area contributed by atoms with Crippen LogP contribution < -0.4 is 0 Å². The van der Waals surface area contributed by atoms with Crippen LogP contribution >= 0.6 is 0 Å². The number of rotatable bonds is 4. The minimum Gasteiger partial charge on any atom is -0.328 e. The topological polar surface area (TPSA) is 72.3 Å². The van der Waals surface area contributed by atoms with Crippen molar-refractivity contribution in [3.63, 3.8) is 0 Å². The molecule has 26 heavy (non-hydrogen) atoms. The molecule has 0 aliphatic rings. The van der Waals surface area contributed by atoms with Gasteiger partial charge in [0.15, 0.2) is 0 Å². The van der Waals surface area contributed by atoms with Crippen LogP contribution in [0, 0.1) is 17.1 Å². The molecule has 0 saturated carbocycles. The maximum Gasteiger partial charge on any atom is 0.139 e. The van der Waals surface area contributed by atoms with E-state index in [2.05, 4.69) is 25.7 Å². The summed E-state index contributed by atoms with van der Waals surface area (Å²) in [6.07, 6.45) is 1.90. The zero-order valence-electron chi connectivity index (χ0n) is 14.1. The van der Waals surface area contributed by atoms with E-state index in [4.69, 9.17) is 5.26 Å². The molecule has 4 rings (SSSR count). The van der Waals surface area contributed by atoms with E-state index in [0.717, 1.165) is 23.4 Å². The fourth-order valence-electron chi connectivity index (χ4n) is 3.09. The van der Waals surface area contributed by atoms with Gasteiger partial charge in [0.2, 0.25) is 0 Å². The van der Waals surface area contributed by atoms with E-state index >= 15 is 0 Å². The number of aryl methyl sites for hydroxylation is 1. The van der Waals surface area contributed by atoms with Gasteiger partial charge >= 0.3 is 0 Å². The predicted octanol–water partition coefficient (Wildman–Crippen LogP) is 3.24. The first-order chi connectivity index (χ1) is 12.7. The van der Waals surface area contributed by atoms with Gasteiger partial charge in [0.25, 0.3) is 0 Å². The van der Waals surface area contributed by atoms with Gasteiger partial charge in [0, 0.05) is 6.54 Å². The molecule has 0 aliphatic carbocycles. The first-order valence-electron chi connectivity index (χ1n) is 8.23. The number of aromatic nitrogens is 5. The van der Waals surface area contributed by atoms with Gasteiger partial charge in [-0.1, -0.05) is 6.07 Å². The number of fused-ring (bicyclic) bond motifs is 1. The second-order valence-electron chi connectivity index (χ2n) is 5.83. The normalized spacial score (nSPS) is 11.0. The highest BCUT2D eigenvalue weighted by Gasteiger charge is 2.15. The number of nitrogens with zero attached hydrogens (tertiary/aromatic N) is 6. The lowest BCUT2D eigenvalue weighted by atomic mass is 10.2. The maximum absolute atomic E-state index is 13.5. The van der Waals surface area contributed by atoms with Crippen LogP contribution in [0.1, 0.15) is 24.1 Å². The van der Waals surface area contributed by atoms with Crippen molar-refractivity contribution < 1.29 is 4.39 Å². The lowest BCUT2D eigenvalue weighted by molar-refractivity contribution is 0.624. The van der Waals surface area contributed by atoms with Crippen LogP contribution in [0.5, 0.6) is 0 Å². The summed E-state index contributed by atoms with van der Waals surface area (Å²) in [6, 6.07) is 13.8. The number of nitriles is 1. The SMILES string of the molecule is CCn1c(Cc2ncnn2-c2cccc(F)c2)nc2cc(C#N)ccc21. The Labute approximate surface area is 149 Å². The Morgan fingerprint density at radius 1 is 1.15 bits per heavy atom. The highest BCUT2D eigenvalue weighted by Crippen LogP contribution is 2.20. The van der Waals surface area contributed by atoms with Crippen molar-refractivity contribution in [2.75, 3.05) is 0 Å². The van der Waals surface area contributed by atoms with Crippen molar-refractivity contribution in [3.8, 4) is 11.8 Å². The van der Waals surface area contributed by atoms with Crippen molar-refractivity contribution in [3.05, 3.63) is 71.8 Å². The third-order valence-electron chi connectivity index (χ3n) is 4.26. The summed E-state index contributed by atoms with van der Waals surface area (Å²) in [5, 5.41) is 13.3. The molecule has 4 aromatic rings. The molecule has 0 fully saturated rings. The van der Waals surface area contributed by atoms with Gasteiger partial charge in [-0.05, 0) is 43.3 Å². The Morgan fingerprint density at radius 3 is 2.81 bits per heavy atom. The molecule has 7 heteroatoms. The molecule has 0 amide bonds. The number of imidazole rings is 1. The minimum atomic E-state index is -0.325. The molecular formula is C19H15FN6. The maximum atomic E-state index is 13.5. The van der Waals surface area contributed by atoms with Crippen molar-refractivity contribution >= 4 is 11.0 Å². The summed E-state index contributed by atoms with van der Waals surface area (Å²) in [4.78, 5) is 9.00. The molecule has 0 aliphatic heterocycles. The van der Waals surface area contributed by atoms with Crippen molar-refractivity contribution in [1.82, 2.24) is 24.3 Å². The molecule has 0 spiro atoms. The van der Waals surface area contributed by atoms with Crippen molar-refractivity contribution in [2.45, 2.75) is 19.9 Å². The van der Waals surface area contributed by atoms with E-state index in [1.165, 1.54) is 18.5 Å². The van der Waals surface area contributed by atoms with E-state index in [1.54, 1.807) is 28.9 Å². The summed E-state index contributed by atoms with van der Waals surface area (Å²) in [5.41, 5.74) is 2.94. The van der Waals surface area contributed by atoms with Gasteiger partial charge in [-0.3, -0.25) is 0 Å². The van der Waals surface area contributed by atoms with E-state index in [1.807, 2.05) is 13.0 Å².